The molecule has 5 heteroatoms. The largest absolute Gasteiger partial charge is 0.461 e. The van der Waals surface area contributed by atoms with Crippen LogP contribution in [-0.4, -0.2) is 5.97 Å². The summed E-state index contributed by atoms with van der Waals surface area (Å²) in [6.07, 6.45) is 2.89. The fourth-order valence-electron chi connectivity index (χ4n) is 2.12. The van der Waals surface area contributed by atoms with Gasteiger partial charge in [-0.15, -0.1) is 0 Å². The minimum absolute atomic E-state index is 0.238. The Kier molecular flexibility index (Phi) is 3.85. The fourth-order valence-corrected chi connectivity index (χ4v) is 2.12. The van der Waals surface area contributed by atoms with E-state index < -0.39 is 5.97 Å². The van der Waals surface area contributed by atoms with Crippen molar-refractivity contribution in [3.8, 4) is 17.3 Å². The van der Waals surface area contributed by atoms with Crippen LogP contribution in [0, 0.1) is 0 Å². The minimum Gasteiger partial charge on any atom is -0.461 e. The van der Waals surface area contributed by atoms with Gasteiger partial charge < -0.3 is 13.6 Å². The highest BCUT2D eigenvalue weighted by Gasteiger charge is 2.11. The summed E-state index contributed by atoms with van der Waals surface area (Å²) < 4.78 is 16.1. The van der Waals surface area contributed by atoms with Crippen molar-refractivity contribution in [2.45, 2.75) is 13.8 Å². The first kappa shape index (κ1) is 14.8. The topological polar surface area (TPSA) is 69.7 Å². The van der Waals surface area contributed by atoms with Gasteiger partial charge in [-0.3, -0.25) is 4.79 Å². The van der Waals surface area contributed by atoms with Crippen LogP contribution in [0.3, 0.4) is 0 Å². The molecule has 23 heavy (non-hydrogen) atoms. The van der Waals surface area contributed by atoms with Crippen molar-refractivity contribution in [3.63, 3.8) is 0 Å². The van der Waals surface area contributed by atoms with E-state index >= 15 is 0 Å². The highest BCUT2D eigenvalue weighted by molar-refractivity contribution is 5.86. The number of rotatable bonds is 3. The Morgan fingerprint density at radius 2 is 1.96 bits per heavy atom. The number of fused-ring (bicyclic) bond motifs is 1. The van der Waals surface area contributed by atoms with Crippen LogP contribution in [-0.2, 0) is 4.79 Å². The summed E-state index contributed by atoms with van der Waals surface area (Å²) in [4.78, 5) is 23.9. The Labute approximate surface area is 131 Å². The average Bonchev–Trinajstić information content (AvgIpc) is 3.01. The van der Waals surface area contributed by atoms with Crippen LogP contribution in [0.2, 0.25) is 0 Å². The predicted molar refractivity (Wildman–Crippen MR) is 85.3 cm³/mol. The van der Waals surface area contributed by atoms with Crippen molar-refractivity contribution in [2.75, 3.05) is 0 Å². The zero-order valence-corrected chi connectivity index (χ0v) is 12.7. The second-order valence-electron chi connectivity index (χ2n) is 5.25. The smallest absolute Gasteiger partial charge is 0.336 e. The third-order valence-electron chi connectivity index (χ3n) is 3.09. The number of hydrogen-bond acceptors (Lipinski definition) is 5. The number of hydrogen-bond donors (Lipinski definition) is 0. The maximum Gasteiger partial charge on any atom is 0.336 e. The number of ether oxygens (including phenoxy) is 1. The van der Waals surface area contributed by atoms with E-state index in [-0.39, 0.29) is 11.2 Å². The van der Waals surface area contributed by atoms with Gasteiger partial charge in [-0.2, -0.15) is 0 Å². The molecule has 0 saturated carbocycles. The van der Waals surface area contributed by atoms with Crippen molar-refractivity contribution in [1.82, 2.24) is 0 Å². The Hall–Kier alpha value is -3.08. The SMILES string of the molecule is CC(C)=CC(=O)Oc1ccc2oc(-c3ccco3)cc(=O)c2c1. The highest BCUT2D eigenvalue weighted by Crippen LogP contribution is 2.25. The number of esters is 1. The molecule has 0 spiro atoms. The maximum atomic E-state index is 12.3. The summed E-state index contributed by atoms with van der Waals surface area (Å²) in [7, 11) is 0. The van der Waals surface area contributed by atoms with Gasteiger partial charge in [0.2, 0.25) is 0 Å². The molecule has 0 atom stereocenters. The quantitative estimate of drug-likeness (QED) is 0.416. The molecule has 3 aromatic rings. The molecule has 0 saturated heterocycles. The van der Waals surface area contributed by atoms with Crippen LogP contribution >= 0.6 is 0 Å². The van der Waals surface area contributed by atoms with E-state index in [4.69, 9.17) is 13.6 Å². The number of carbonyl (C=O) groups is 1. The third-order valence-corrected chi connectivity index (χ3v) is 3.09. The molecule has 0 N–H and O–H groups in total. The molecule has 1 aromatic carbocycles. The van der Waals surface area contributed by atoms with Crippen LogP contribution in [0.1, 0.15) is 13.8 Å². The molecular formula is C18H14O5. The molecule has 0 radical (unpaired) electrons. The lowest BCUT2D eigenvalue weighted by Crippen LogP contribution is -2.06. The number of furan rings is 1. The predicted octanol–water partition coefficient (Wildman–Crippen LogP) is 3.92. The lowest BCUT2D eigenvalue weighted by atomic mass is 10.2. The number of benzene rings is 1. The number of carbonyl (C=O) groups excluding carboxylic acids is 1. The van der Waals surface area contributed by atoms with E-state index in [9.17, 15) is 9.59 Å². The molecular weight excluding hydrogens is 296 g/mol. The standard InChI is InChI=1S/C18H14O5/c1-11(2)8-18(20)22-12-5-6-15-13(9-12)14(19)10-17(23-15)16-4-3-7-21-16/h3-10H,1-2H3. The summed E-state index contributed by atoms with van der Waals surface area (Å²) in [6.45, 7) is 3.60. The monoisotopic (exact) mass is 310 g/mol. The summed E-state index contributed by atoms with van der Waals surface area (Å²) in [6, 6.07) is 9.43. The van der Waals surface area contributed by atoms with Crippen LogP contribution in [0.4, 0.5) is 0 Å². The summed E-state index contributed by atoms with van der Waals surface area (Å²) in [5.41, 5.74) is 0.988. The molecule has 0 aliphatic carbocycles. The van der Waals surface area contributed by atoms with Gasteiger partial charge in [0.25, 0.3) is 0 Å². The van der Waals surface area contributed by atoms with E-state index in [0.717, 1.165) is 5.57 Å². The van der Waals surface area contributed by atoms with Crippen molar-refractivity contribution in [2.24, 2.45) is 0 Å². The minimum atomic E-state index is -0.485. The zero-order valence-electron chi connectivity index (χ0n) is 12.7. The van der Waals surface area contributed by atoms with E-state index in [1.807, 2.05) is 0 Å². The van der Waals surface area contributed by atoms with Crippen LogP contribution in [0.5, 0.6) is 5.75 Å². The Morgan fingerprint density at radius 3 is 2.65 bits per heavy atom. The molecule has 2 heterocycles. The average molecular weight is 310 g/mol. The lowest BCUT2D eigenvalue weighted by molar-refractivity contribution is -0.129. The van der Waals surface area contributed by atoms with Crippen molar-refractivity contribution < 1.29 is 18.4 Å². The lowest BCUT2D eigenvalue weighted by Gasteiger charge is -2.04. The molecule has 0 unspecified atom stereocenters. The van der Waals surface area contributed by atoms with Gasteiger partial charge in [-0.1, -0.05) is 5.57 Å². The van der Waals surface area contributed by atoms with Crippen molar-refractivity contribution in [1.29, 1.82) is 0 Å². The molecule has 3 rings (SSSR count). The van der Waals surface area contributed by atoms with Crippen molar-refractivity contribution >= 4 is 16.9 Å². The normalized spacial score (nSPS) is 10.5. The first-order valence-electron chi connectivity index (χ1n) is 7.01. The third kappa shape index (κ3) is 3.23. The zero-order chi connectivity index (χ0) is 16.4. The molecule has 0 bridgehead atoms. The Balaban J connectivity index is 2.00. The van der Waals surface area contributed by atoms with E-state index in [1.165, 1.54) is 24.5 Å². The first-order valence-corrected chi connectivity index (χ1v) is 7.01. The van der Waals surface area contributed by atoms with Crippen LogP contribution < -0.4 is 10.2 Å². The molecule has 0 amide bonds. The van der Waals surface area contributed by atoms with Gasteiger partial charge in [0.15, 0.2) is 16.9 Å². The molecule has 0 fully saturated rings. The summed E-state index contributed by atoms with van der Waals surface area (Å²) >= 11 is 0. The van der Waals surface area contributed by atoms with Gasteiger partial charge in [-0.05, 0) is 44.2 Å². The first-order chi connectivity index (χ1) is 11.0. The van der Waals surface area contributed by atoms with E-state index in [1.54, 1.807) is 38.1 Å². The van der Waals surface area contributed by atoms with Gasteiger partial charge in [0.1, 0.15) is 11.3 Å². The Morgan fingerprint density at radius 1 is 1.13 bits per heavy atom. The summed E-state index contributed by atoms with van der Waals surface area (Å²) in [5, 5.41) is 0.336. The molecule has 0 aliphatic heterocycles. The van der Waals surface area contributed by atoms with E-state index in [0.29, 0.717) is 22.5 Å². The molecule has 2 aromatic heterocycles. The Bertz CT molecular complexity index is 941. The highest BCUT2D eigenvalue weighted by atomic mass is 16.5. The molecule has 0 aliphatic rings. The maximum absolute atomic E-state index is 12.3. The second-order valence-corrected chi connectivity index (χ2v) is 5.25. The molecule has 5 nitrogen and oxygen atoms in total. The van der Waals surface area contributed by atoms with Gasteiger partial charge in [-0.25, -0.2) is 4.79 Å². The van der Waals surface area contributed by atoms with Crippen LogP contribution in [0.25, 0.3) is 22.5 Å². The van der Waals surface area contributed by atoms with Crippen molar-refractivity contribution in [3.05, 3.63) is 64.5 Å². The summed E-state index contributed by atoms with van der Waals surface area (Å²) in [5.74, 6) is 0.629. The van der Waals surface area contributed by atoms with Gasteiger partial charge in [0.05, 0.1) is 11.6 Å². The van der Waals surface area contributed by atoms with Crippen LogP contribution in [0.15, 0.2) is 67.9 Å². The van der Waals surface area contributed by atoms with E-state index in [2.05, 4.69) is 0 Å². The second kappa shape index (κ2) is 5.96. The fraction of sp³-hybridized carbons (Fsp3) is 0.111. The molecule has 116 valence electrons. The van der Waals surface area contributed by atoms with Gasteiger partial charge in [0, 0.05) is 12.1 Å². The number of allylic oxidation sites excluding steroid dienone is 1. The van der Waals surface area contributed by atoms with Gasteiger partial charge >= 0.3 is 5.97 Å².